The van der Waals surface area contributed by atoms with Crippen LogP contribution in [0.15, 0.2) is 65.2 Å². The Morgan fingerprint density at radius 3 is 2.45 bits per heavy atom. The molecular weight excluding hydrogens is 518 g/mol. The molecule has 38 heavy (non-hydrogen) atoms. The summed E-state index contributed by atoms with van der Waals surface area (Å²) in [5.41, 5.74) is 5.52. The van der Waals surface area contributed by atoms with E-state index >= 15 is 0 Å². The number of carbonyl (C=O) groups is 2. The van der Waals surface area contributed by atoms with Gasteiger partial charge in [0.25, 0.3) is 0 Å². The number of esters is 1. The number of carbonyl (C=O) groups excluding carboxylic acids is 2. The molecule has 2 aromatic heterocycles. The first-order valence-corrected chi connectivity index (χ1v) is 12.9. The van der Waals surface area contributed by atoms with Crippen molar-refractivity contribution in [1.29, 1.82) is 0 Å². The Morgan fingerprint density at radius 1 is 1.13 bits per heavy atom. The van der Waals surface area contributed by atoms with Gasteiger partial charge in [-0.25, -0.2) is 23.0 Å². The first kappa shape index (κ1) is 26.4. The van der Waals surface area contributed by atoms with E-state index in [0.717, 1.165) is 10.6 Å². The van der Waals surface area contributed by atoms with Gasteiger partial charge in [-0.15, -0.1) is 0 Å². The Balaban J connectivity index is 1.86. The number of sulfonamides is 1. The third-order valence-electron chi connectivity index (χ3n) is 5.34. The number of ether oxygens (including phenoxy) is 3. The van der Waals surface area contributed by atoms with Crippen molar-refractivity contribution in [3.63, 3.8) is 0 Å². The van der Waals surface area contributed by atoms with Gasteiger partial charge in [-0.2, -0.15) is 0 Å². The van der Waals surface area contributed by atoms with Crippen molar-refractivity contribution in [3.05, 3.63) is 66.4 Å². The highest BCUT2D eigenvalue weighted by atomic mass is 32.2. The molecule has 0 aliphatic carbocycles. The van der Waals surface area contributed by atoms with Gasteiger partial charge in [0.15, 0.2) is 0 Å². The van der Waals surface area contributed by atoms with Crippen LogP contribution in [0.5, 0.6) is 17.4 Å². The van der Waals surface area contributed by atoms with Gasteiger partial charge in [0.1, 0.15) is 28.4 Å². The lowest BCUT2D eigenvalue weighted by atomic mass is 10.0. The van der Waals surface area contributed by atoms with Crippen LogP contribution in [0.2, 0.25) is 0 Å². The molecule has 0 saturated carbocycles. The molecule has 4 aromatic rings. The van der Waals surface area contributed by atoms with Gasteiger partial charge in [0.05, 0.1) is 32.2 Å². The number of aliphatic hydroxyl groups is 1. The van der Waals surface area contributed by atoms with Crippen LogP contribution >= 0.6 is 0 Å². The normalized spacial score (nSPS) is 11.2. The smallest absolute Gasteiger partial charge is 0.412 e. The second kappa shape index (κ2) is 10.8. The summed E-state index contributed by atoms with van der Waals surface area (Å²) in [6.07, 6.45) is 1.25. The number of aliphatic hydroxyl groups excluding tert-OH is 1. The fourth-order valence-electron chi connectivity index (χ4n) is 3.78. The molecule has 0 bridgehead atoms. The third-order valence-corrected chi connectivity index (χ3v) is 6.52. The number of pyridine rings is 1. The molecule has 2 heterocycles. The van der Waals surface area contributed by atoms with Gasteiger partial charge in [-0.3, -0.25) is 4.31 Å². The fourth-order valence-corrected chi connectivity index (χ4v) is 4.69. The monoisotopic (exact) mass is 541 g/mol. The maximum Gasteiger partial charge on any atom is 0.412 e. The fraction of sp³-hybridized carbons (Fsp3) is 0.160. The van der Waals surface area contributed by atoms with E-state index in [2.05, 4.69) is 9.72 Å². The number of nitrogens with two attached hydrogens (primary N) is 1. The molecule has 0 aliphatic heterocycles. The molecule has 0 radical (unpaired) electrons. The highest BCUT2D eigenvalue weighted by Crippen LogP contribution is 2.41. The van der Waals surface area contributed by atoms with Crippen molar-refractivity contribution < 1.29 is 41.7 Å². The predicted molar refractivity (Wildman–Crippen MR) is 137 cm³/mol. The van der Waals surface area contributed by atoms with Crippen LogP contribution in [0.25, 0.3) is 22.3 Å². The zero-order valence-electron chi connectivity index (χ0n) is 20.3. The molecule has 198 valence electrons. The summed E-state index contributed by atoms with van der Waals surface area (Å²) >= 11 is 0. The molecule has 0 saturated heterocycles. The number of fused-ring (bicyclic) bond motifs is 1. The molecular formula is C25H23N3O9S. The number of furan rings is 1. The predicted octanol–water partition coefficient (Wildman–Crippen LogP) is 3.29. The first-order chi connectivity index (χ1) is 18.1. The van der Waals surface area contributed by atoms with Crippen LogP contribution in [-0.2, 0) is 14.8 Å². The second-order valence-electron chi connectivity index (χ2n) is 7.89. The zero-order chi connectivity index (χ0) is 27.4. The largest absolute Gasteiger partial charge is 0.495 e. The molecule has 0 atom stereocenters. The molecule has 0 unspecified atom stereocenters. The lowest BCUT2D eigenvalue weighted by Gasteiger charge is -2.23. The average molecular weight is 542 g/mol. The Bertz CT molecular complexity index is 1580. The maximum atomic E-state index is 12.9. The number of methoxy groups -OCH3 is 1. The summed E-state index contributed by atoms with van der Waals surface area (Å²) in [4.78, 5) is 28.4. The van der Waals surface area contributed by atoms with Gasteiger partial charge < -0.3 is 29.5 Å². The third kappa shape index (κ3) is 5.53. The minimum atomic E-state index is -3.82. The van der Waals surface area contributed by atoms with E-state index in [0.29, 0.717) is 17.2 Å². The number of nitrogens with zero attached hydrogens (tertiary/aromatic N) is 2. The van der Waals surface area contributed by atoms with Crippen LogP contribution in [-0.4, -0.2) is 57.1 Å². The van der Waals surface area contributed by atoms with E-state index in [1.54, 1.807) is 48.7 Å². The van der Waals surface area contributed by atoms with Crippen LogP contribution in [0, 0.1) is 0 Å². The molecule has 0 aliphatic rings. The van der Waals surface area contributed by atoms with Crippen molar-refractivity contribution >= 4 is 38.7 Å². The van der Waals surface area contributed by atoms with Crippen LogP contribution in [0.3, 0.4) is 0 Å². The van der Waals surface area contributed by atoms with Crippen LogP contribution in [0.4, 0.5) is 10.5 Å². The number of hydrogen-bond donors (Lipinski definition) is 2. The summed E-state index contributed by atoms with van der Waals surface area (Å²) in [6, 6.07) is 14.4. The van der Waals surface area contributed by atoms with E-state index in [1.165, 1.54) is 19.2 Å². The van der Waals surface area contributed by atoms with Gasteiger partial charge in [-0.1, -0.05) is 6.07 Å². The van der Waals surface area contributed by atoms with Gasteiger partial charge in [-0.05, 0) is 36.4 Å². The second-order valence-corrected chi connectivity index (χ2v) is 9.79. The first-order valence-electron chi connectivity index (χ1n) is 11.1. The van der Waals surface area contributed by atoms with Crippen LogP contribution in [0.1, 0.15) is 10.4 Å². The van der Waals surface area contributed by atoms with Crippen molar-refractivity contribution in [2.45, 2.75) is 0 Å². The van der Waals surface area contributed by atoms with Gasteiger partial charge >= 0.3 is 12.1 Å². The van der Waals surface area contributed by atoms with Crippen molar-refractivity contribution in [3.8, 4) is 28.7 Å². The molecule has 0 spiro atoms. The number of anilines is 1. The van der Waals surface area contributed by atoms with E-state index in [9.17, 15) is 23.1 Å². The van der Waals surface area contributed by atoms with Crippen molar-refractivity contribution in [2.75, 3.05) is 30.8 Å². The molecule has 2 aromatic carbocycles. The highest BCUT2D eigenvalue weighted by molar-refractivity contribution is 7.92. The summed E-state index contributed by atoms with van der Waals surface area (Å²) in [7, 11) is -2.51. The van der Waals surface area contributed by atoms with Crippen LogP contribution < -0.4 is 19.5 Å². The number of primary amides is 1. The zero-order valence-corrected chi connectivity index (χ0v) is 21.1. The lowest BCUT2D eigenvalue weighted by Crippen LogP contribution is -2.32. The molecule has 0 fully saturated rings. The average Bonchev–Trinajstić information content (AvgIpc) is 3.25. The molecule has 3 N–H and O–H groups in total. The molecule has 4 rings (SSSR count). The van der Waals surface area contributed by atoms with E-state index in [1.807, 2.05) is 0 Å². The van der Waals surface area contributed by atoms with Crippen molar-refractivity contribution in [2.24, 2.45) is 5.73 Å². The van der Waals surface area contributed by atoms with Gasteiger partial charge in [0, 0.05) is 29.3 Å². The SMILES string of the molecule is COc1cc2c(C(=O)OC(N)=O)c(-c3ccc(Oc4ccccn4)cc3)oc2cc1N(CCO)S(C)(=O)=O. The summed E-state index contributed by atoms with van der Waals surface area (Å²) in [5, 5.41) is 9.60. The van der Waals surface area contributed by atoms with Crippen molar-refractivity contribution in [1.82, 2.24) is 4.98 Å². The lowest BCUT2D eigenvalue weighted by molar-refractivity contribution is 0.0640. The van der Waals surface area contributed by atoms with Gasteiger partial charge in [0.2, 0.25) is 15.9 Å². The molecule has 1 amide bonds. The molecule has 12 nitrogen and oxygen atoms in total. The van der Waals surface area contributed by atoms with E-state index in [4.69, 9.17) is 19.6 Å². The Labute approximate surface area is 217 Å². The maximum absolute atomic E-state index is 12.9. The summed E-state index contributed by atoms with van der Waals surface area (Å²) < 4.78 is 47.4. The van der Waals surface area contributed by atoms with E-state index < -0.39 is 28.7 Å². The topological polar surface area (TPSA) is 171 Å². The van der Waals surface area contributed by atoms with E-state index in [-0.39, 0.29) is 40.3 Å². The standard InChI is InChI=1S/C25H23N3O9S/c1-34-20-13-17-19(14-18(20)28(11-12-29)38(2,32)33)36-23(22(17)24(30)37-25(26)31)15-6-8-16(9-7-15)35-21-5-3-4-10-27-21/h3-10,13-14,29H,11-12H2,1-2H3,(H2,26,31). The highest BCUT2D eigenvalue weighted by Gasteiger charge is 2.29. The minimum absolute atomic E-state index is 0.0305. The Morgan fingerprint density at radius 2 is 1.87 bits per heavy atom. The Hall–Kier alpha value is -4.62. The number of aromatic nitrogens is 1. The molecule has 13 heteroatoms. The summed E-state index contributed by atoms with van der Waals surface area (Å²) in [5.74, 6) is -0.140. The number of rotatable bonds is 9. The Kier molecular flexibility index (Phi) is 7.50. The summed E-state index contributed by atoms with van der Waals surface area (Å²) in [6.45, 7) is -0.705. The number of hydrogen-bond acceptors (Lipinski definition) is 10. The minimum Gasteiger partial charge on any atom is -0.495 e. The number of benzene rings is 2. The quantitative estimate of drug-likeness (QED) is 0.237. The number of amides is 1.